The number of nitriles is 1. The Morgan fingerprint density at radius 2 is 2.08 bits per heavy atom. The molecule has 2 aliphatic heterocycles. The molecule has 1 aromatic carbocycles. The molecule has 0 unspecified atom stereocenters. The highest BCUT2D eigenvalue weighted by Crippen LogP contribution is 2.32. The first-order valence-corrected chi connectivity index (χ1v) is 8.57. The van der Waals surface area contributed by atoms with Gasteiger partial charge in [0.25, 0.3) is 5.91 Å². The summed E-state index contributed by atoms with van der Waals surface area (Å²) in [5.74, 6) is 0.948. The van der Waals surface area contributed by atoms with Gasteiger partial charge in [-0.1, -0.05) is 6.07 Å². The van der Waals surface area contributed by atoms with Crippen LogP contribution in [0.1, 0.15) is 5.56 Å². The predicted octanol–water partition coefficient (Wildman–Crippen LogP) is 0.361. The molecule has 0 aliphatic carbocycles. The van der Waals surface area contributed by atoms with Gasteiger partial charge >= 0.3 is 0 Å². The average Bonchev–Trinajstić information content (AvgIpc) is 3.15. The number of nitrogens with one attached hydrogen (secondary N) is 2. The van der Waals surface area contributed by atoms with Gasteiger partial charge in [-0.15, -0.1) is 0 Å². The van der Waals surface area contributed by atoms with Crippen LogP contribution in [-0.2, 0) is 16.1 Å². The maximum Gasteiger partial charge on any atom is 0.263 e. The zero-order valence-corrected chi connectivity index (χ0v) is 14.5. The summed E-state index contributed by atoms with van der Waals surface area (Å²) in [4.78, 5) is 14.4. The lowest BCUT2D eigenvalue weighted by Crippen LogP contribution is -2.39. The Morgan fingerprint density at radius 1 is 1.27 bits per heavy atom. The number of nitrogens with zero attached hydrogens (tertiary/aromatic N) is 2. The summed E-state index contributed by atoms with van der Waals surface area (Å²) in [7, 11) is 0. The van der Waals surface area contributed by atoms with Crippen molar-refractivity contribution in [2.45, 2.75) is 6.54 Å². The average molecular weight is 358 g/mol. The van der Waals surface area contributed by atoms with Gasteiger partial charge in [-0.05, 0) is 17.7 Å². The van der Waals surface area contributed by atoms with Crippen LogP contribution in [0.3, 0.4) is 0 Å². The van der Waals surface area contributed by atoms with Crippen molar-refractivity contribution in [1.29, 1.82) is 5.26 Å². The summed E-state index contributed by atoms with van der Waals surface area (Å²) in [6.45, 7) is 5.35. The summed E-state index contributed by atoms with van der Waals surface area (Å²) in [6.07, 6.45) is 1.47. The Balaban J connectivity index is 1.43. The predicted molar refractivity (Wildman–Crippen MR) is 93.4 cm³/mol. The van der Waals surface area contributed by atoms with E-state index in [1.54, 1.807) is 6.07 Å². The van der Waals surface area contributed by atoms with E-state index in [4.69, 9.17) is 14.2 Å². The van der Waals surface area contributed by atoms with Crippen molar-refractivity contribution in [3.63, 3.8) is 0 Å². The molecule has 0 bridgehead atoms. The molecule has 1 amide bonds. The van der Waals surface area contributed by atoms with Crippen LogP contribution in [0, 0.1) is 11.3 Å². The van der Waals surface area contributed by atoms with Crippen LogP contribution in [0.15, 0.2) is 30.0 Å². The molecule has 2 heterocycles. The molecule has 1 fully saturated rings. The molecule has 2 aliphatic rings. The van der Waals surface area contributed by atoms with Crippen LogP contribution >= 0.6 is 0 Å². The molecule has 0 aromatic heterocycles. The quantitative estimate of drug-likeness (QED) is 0.413. The smallest absolute Gasteiger partial charge is 0.263 e. The number of carbonyl (C=O) groups is 1. The standard InChI is InChI=1S/C18H22N4O4/c19-10-15(12-20-3-4-22-5-7-24-8-6-22)18(23)21-11-14-1-2-16-17(9-14)26-13-25-16/h1-2,9,12,20H,3-8,11,13H2,(H,21,23)/b15-12-. The van der Waals surface area contributed by atoms with E-state index in [9.17, 15) is 10.1 Å². The molecule has 3 rings (SSSR count). The van der Waals surface area contributed by atoms with Crippen LogP contribution in [0.4, 0.5) is 0 Å². The second-order valence-corrected chi connectivity index (χ2v) is 5.95. The van der Waals surface area contributed by atoms with Gasteiger partial charge in [0.2, 0.25) is 6.79 Å². The Morgan fingerprint density at radius 3 is 2.88 bits per heavy atom. The Labute approximate surface area is 152 Å². The first-order chi connectivity index (χ1) is 12.8. The van der Waals surface area contributed by atoms with E-state index in [0.29, 0.717) is 24.6 Å². The SMILES string of the molecule is N#C/C(=C/NCCN1CCOCC1)C(=O)NCc1ccc2c(c1)OCO2. The Hall–Kier alpha value is -2.76. The van der Waals surface area contributed by atoms with Gasteiger partial charge in [0.15, 0.2) is 11.5 Å². The van der Waals surface area contributed by atoms with Gasteiger partial charge in [0.05, 0.1) is 13.2 Å². The minimum atomic E-state index is -0.413. The van der Waals surface area contributed by atoms with Gasteiger partial charge in [-0.2, -0.15) is 5.26 Å². The van der Waals surface area contributed by atoms with Gasteiger partial charge in [-0.3, -0.25) is 9.69 Å². The lowest BCUT2D eigenvalue weighted by molar-refractivity contribution is -0.117. The molecule has 8 nitrogen and oxygen atoms in total. The number of hydrogen-bond donors (Lipinski definition) is 2. The summed E-state index contributed by atoms with van der Waals surface area (Å²) in [6, 6.07) is 7.40. The van der Waals surface area contributed by atoms with Crippen molar-refractivity contribution in [3.8, 4) is 17.6 Å². The van der Waals surface area contributed by atoms with E-state index in [0.717, 1.165) is 38.4 Å². The fraction of sp³-hybridized carbons (Fsp3) is 0.444. The van der Waals surface area contributed by atoms with E-state index in [1.807, 2.05) is 18.2 Å². The number of rotatable bonds is 7. The van der Waals surface area contributed by atoms with E-state index in [-0.39, 0.29) is 12.4 Å². The Kier molecular flexibility index (Phi) is 6.30. The molecular formula is C18H22N4O4. The zero-order valence-electron chi connectivity index (χ0n) is 14.5. The molecule has 26 heavy (non-hydrogen) atoms. The number of carbonyl (C=O) groups excluding carboxylic acids is 1. The molecular weight excluding hydrogens is 336 g/mol. The molecule has 1 saturated heterocycles. The van der Waals surface area contributed by atoms with E-state index >= 15 is 0 Å². The summed E-state index contributed by atoms with van der Waals surface area (Å²) >= 11 is 0. The fourth-order valence-electron chi connectivity index (χ4n) is 2.70. The molecule has 1 aromatic rings. The number of amides is 1. The molecule has 0 radical (unpaired) electrons. The van der Waals surface area contributed by atoms with Crippen molar-refractivity contribution < 1.29 is 19.0 Å². The molecule has 0 saturated carbocycles. The van der Waals surface area contributed by atoms with Crippen LogP contribution in [-0.4, -0.2) is 57.0 Å². The highest BCUT2D eigenvalue weighted by atomic mass is 16.7. The zero-order chi connectivity index (χ0) is 18.2. The lowest BCUT2D eigenvalue weighted by atomic mass is 10.2. The number of morpholine rings is 1. The fourth-order valence-corrected chi connectivity index (χ4v) is 2.70. The first-order valence-electron chi connectivity index (χ1n) is 8.57. The number of benzene rings is 1. The van der Waals surface area contributed by atoms with Crippen LogP contribution < -0.4 is 20.1 Å². The lowest BCUT2D eigenvalue weighted by Gasteiger charge is -2.26. The topological polar surface area (TPSA) is 95.9 Å². The maximum absolute atomic E-state index is 12.2. The summed E-state index contributed by atoms with van der Waals surface area (Å²) < 4.78 is 15.9. The number of ether oxygens (including phenoxy) is 3. The molecule has 0 spiro atoms. The van der Waals surface area contributed by atoms with E-state index in [1.165, 1.54) is 6.20 Å². The van der Waals surface area contributed by atoms with Gasteiger partial charge in [0.1, 0.15) is 11.6 Å². The van der Waals surface area contributed by atoms with Gasteiger partial charge in [0, 0.05) is 38.9 Å². The normalized spacial score (nSPS) is 16.8. The minimum absolute atomic E-state index is 0.0488. The molecule has 2 N–H and O–H groups in total. The van der Waals surface area contributed by atoms with E-state index < -0.39 is 5.91 Å². The number of fused-ring (bicyclic) bond motifs is 1. The first kappa shape index (κ1) is 18.0. The van der Waals surface area contributed by atoms with Crippen molar-refractivity contribution in [1.82, 2.24) is 15.5 Å². The van der Waals surface area contributed by atoms with Crippen LogP contribution in [0.5, 0.6) is 11.5 Å². The maximum atomic E-state index is 12.2. The molecule has 8 heteroatoms. The molecule has 138 valence electrons. The second kappa shape index (κ2) is 9.08. The highest BCUT2D eigenvalue weighted by Gasteiger charge is 2.14. The third kappa shape index (κ3) is 4.88. The third-order valence-corrected chi connectivity index (χ3v) is 4.18. The van der Waals surface area contributed by atoms with Gasteiger partial charge in [-0.25, -0.2) is 0 Å². The molecule has 0 atom stereocenters. The van der Waals surface area contributed by atoms with Gasteiger partial charge < -0.3 is 24.8 Å². The van der Waals surface area contributed by atoms with Crippen LogP contribution in [0.2, 0.25) is 0 Å². The minimum Gasteiger partial charge on any atom is -0.454 e. The Bertz CT molecular complexity index is 708. The van der Waals surface area contributed by atoms with E-state index in [2.05, 4.69) is 15.5 Å². The highest BCUT2D eigenvalue weighted by molar-refractivity contribution is 5.97. The second-order valence-electron chi connectivity index (χ2n) is 5.95. The van der Waals surface area contributed by atoms with Crippen LogP contribution in [0.25, 0.3) is 0 Å². The summed E-state index contributed by atoms with van der Waals surface area (Å²) in [5.41, 5.74) is 0.924. The summed E-state index contributed by atoms with van der Waals surface area (Å²) in [5, 5.41) is 15.0. The van der Waals surface area contributed by atoms with Crippen molar-refractivity contribution >= 4 is 5.91 Å². The van der Waals surface area contributed by atoms with Crippen molar-refractivity contribution in [2.75, 3.05) is 46.2 Å². The van der Waals surface area contributed by atoms with Crippen molar-refractivity contribution in [3.05, 3.63) is 35.5 Å². The number of hydrogen-bond acceptors (Lipinski definition) is 7. The largest absolute Gasteiger partial charge is 0.454 e. The third-order valence-electron chi connectivity index (χ3n) is 4.18. The monoisotopic (exact) mass is 358 g/mol. The van der Waals surface area contributed by atoms with Crippen molar-refractivity contribution in [2.24, 2.45) is 0 Å².